The second-order valence-electron chi connectivity index (χ2n) is 4.64. The van der Waals surface area contributed by atoms with Crippen LogP contribution in [0.1, 0.15) is 5.56 Å². The predicted octanol–water partition coefficient (Wildman–Crippen LogP) is 2.84. The molecule has 0 spiro atoms. The highest BCUT2D eigenvalue weighted by Crippen LogP contribution is 2.28. The Hall–Kier alpha value is -0.820. The lowest BCUT2D eigenvalue weighted by molar-refractivity contribution is -0.146. The van der Waals surface area contributed by atoms with Crippen molar-refractivity contribution in [3.05, 3.63) is 22.3 Å². The number of aryl methyl sites for hydroxylation is 1. The molecule has 106 valence electrons. The highest BCUT2D eigenvalue weighted by atomic mass is 79.9. The zero-order chi connectivity index (χ0) is 14.0. The van der Waals surface area contributed by atoms with Gasteiger partial charge < -0.3 is 4.90 Å². The molecule has 1 saturated heterocycles. The van der Waals surface area contributed by atoms with E-state index in [1.165, 1.54) is 4.90 Å². The fourth-order valence-electron chi connectivity index (χ4n) is 2.12. The largest absolute Gasteiger partial charge is 0.401 e. The standard InChI is InChI=1S/C12H15BrF3N3/c1-9-2-3-17-11(10(9)13)19-6-4-18(5-7-19)8-12(14,15)16/h2-3H,4-8H2,1H3. The molecule has 1 aromatic heterocycles. The van der Waals surface area contributed by atoms with Gasteiger partial charge in [0.25, 0.3) is 0 Å². The summed E-state index contributed by atoms with van der Waals surface area (Å²) in [6.45, 7) is 3.07. The van der Waals surface area contributed by atoms with Gasteiger partial charge in [-0.05, 0) is 34.5 Å². The molecule has 3 nitrogen and oxygen atoms in total. The van der Waals surface area contributed by atoms with Crippen LogP contribution in [0, 0.1) is 6.92 Å². The number of halogens is 4. The van der Waals surface area contributed by atoms with Crippen LogP contribution in [0.2, 0.25) is 0 Å². The van der Waals surface area contributed by atoms with Crippen LogP contribution in [0.15, 0.2) is 16.7 Å². The van der Waals surface area contributed by atoms with Gasteiger partial charge in [0.1, 0.15) is 5.82 Å². The first-order chi connectivity index (χ1) is 8.87. The quantitative estimate of drug-likeness (QED) is 0.827. The van der Waals surface area contributed by atoms with Gasteiger partial charge in [-0.25, -0.2) is 4.98 Å². The Labute approximate surface area is 118 Å². The van der Waals surface area contributed by atoms with E-state index < -0.39 is 12.7 Å². The van der Waals surface area contributed by atoms with Crippen molar-refractivity contribution in [3.63, 3.8) is 0 Å². The highest BCUT2D eigenvalue weighted by molar-refractivity contribution is 9.10. The Kier molecular flexibility index (Phi) is 4.35. The Bertz CT molecular complexity index is 442. The molecule has 0 amide bonds. The third-order valence-electron chi connectivity index (χ3n) is 3.14. The van der Waals surface area contributed by atoms with E-state index in [0.29, 0.717) is 26.2 Å². The summed E-state index contributed by atoms with van der Waals surface area (Å²) in [5.41, 5.74) is 1.07. The molecule has 2 heterocycles. The second kappa shape index (κ2) is 5.66. The lowest BCUT2D eigenvalue weighted by atomic mass is 10.2. The van der Waals surface area contributed by atoms with Crippen molar-refractivity contribution in [2.45, 2.75) is 13.1 Å². The molecule has 0 unspecified atom stereocenters. The summed E-state index contributed by atoms with van der Waals surface area (Å²) in [6, 6.07) is 1.90. The maximum Gasteiger partial charge on any atom is 0.401 e. The van der Waals surface area contributed by atoms with Crippen LogP contribution < -0.4 is 4.90 Å². The number of piperazine rings is 1. The molecule has 2 rings (SSSR count). The summed E-state index contributed by atoms with van der Waals surface area (Å²) in [5, 5.41) is 0. The highest BCUT2D eigenvalue weighted by Gasteiger charge is 2.32. The molecule has 0 bridgehead atoms. The van der Waals surface area contributed by atoms with Gasteiger partial charge in [0.05, 0.1) is 11.0 Å². The first kappa shape index (κ1) is 14.6. The summed E-state index contributed by atoms with van der Waals surface area (Å²) in [5.74, 6) is 0.812. The molecule has 19 heavy (non-hydrogen) atoms. The first-order valence-corrected chi connectivity index (χ1v) is 6.81. The van der Waals surface area contributed by atoms with Crippen molar-refractivity contribution in [2.75, 3.05) is 37.6 Å². The van der Waals surface area contributed by atoms with Crippen molar-refractivity contribution >= 4 is 21.7 Å². The van der Waals surface area contributed by atoms with Gasteiger partial charge in [0, 0.05) is 32.4 Å². The summed E-state index contributed by atoms with van der Waals surface area (Å²) >= 11 is 3.48. The van der Waals surface area contributed by atoms with Gasteiger partial charge in [-0.3, -0.25) is 4.90 Å². The van der Waals surface area contributed by atoms with Gasteiger partial charge in [-0.2, -0.15) is 13.2 Å². The molecule has 1 fully saturated rings. The molecular formula is C12H15BrF3N3. The first-order valence-electron chi connectivity index (χ1n) is 6.02. The number of hydrogen-bond donors (Lipinski definition) is 0. The van der Waals surface area contributed by atoms with E-state index >= 15 is 0 Å². The summed E-state index contributed by atoms with van der Waals surface area (Å²) in [6.07, 6.45) is -2.40. The molecule has 0 aliphatic carbocycles. The van der Waals surface area contributed by atoms with Crippen molar-refractivity contribution in [1.29, 1.82) is 0 Å². The number of hydrogen-bond acceptors (Lipinski definition) is 3. The molecule has 0 radical (unpaired) electrons. The van der Waals surface area contributed by atoms with Crippen LogP contribution in [0.3, 0.4) is 0 Å². The van der Waals surface area contributed by atoms with Crippen molar-refractivity contribution in [1.82, 2.24) is 9.88 Å². The number of rotatable bonds is 2. The minimum absolute atomic E-state index is 0.404. The van der Waals surface area contributed by atoms with Crippen LogP contribution in [-0.4, -0.2) is 48.8 Å². The maximum atomic E-state index is 12.3. The zero-order valence-corrected chi connectivity index (χ0v) is 12.1. The topological polar surface area (TPSA) is 19.4 Å². The zero-order valence-electron chi connectivity index (χ0n) is 10.5. The van der Waals surface area contributed by atoms with Crippen molar-refractivity contribution in [2.24, 2.45) is 0 Å². The number of pyridine rings is 1. The Balaban J connectivity index is 1.98. The Morgan fingerprint density at radius 1 is 1.26 bits per heavy atom. The van der Waals surface area contributed by atoms with Crippen LogP contribution in [0.25, 0.3) is 0 Å². The molecule has 1 aliphatic rings. The molecule has 0 aromatic carbocycles. The average molecular weight is 338 g/mol. The maximum absolute atomic E-state index is 12.3. The van der Waals surface area contributed by atoms with Gasteiger partial charge in [0.15, 0.2) is 0 Å². The minimum Gasteiger partial charge on any atom is -0.353 e. The number of anilines is 1. The summed E-state index contributed by atoms with van der Waals surface area (Å²) in [7, 11) is 0. The average Bonchev–Trinajstić information content (AvgIpc) is 2.32. The third-order valence-corrected chi connectivity index (χ3v) is 4.12. The molecule has 0 N–H and O–H groups in total. The molecule has 1 aliphatic heterocycles. The number of alkyl halides is 3. The van der Waals surface area contributed by atoms with Gasteiger partial charge >= 0.3 is 6.18 Å². The minimum atomic E-state index is -4.12. The lowest BCUT2D eigenvalue weighted by Gasteiger charge is -2.36. The number of nitrogens with zero attached hydrogens (tertiary/aromatic N) is 3. The van der Waals surface area contributed by atoms with Crippen LogP contribution in [-0.2, 0) is 0 Å². The molecule has 7 heteroatoms. The van der Waals surface area contributed by atoms with Crippen LogP contribution in [0.5, 0.6) is 0 Å². The van der Waals surface area contributed by atoms with Gasteiger partial charge in [-0.1, -0.05) is 0 Å². The fourth-order valence-corrected chi connectivity index (χ4v) is 2.60. The summed E-state index contributed by atoms with van der Waals surface area (Å²) < 4.78 is 37.8. The fraction of sp³-hybridized carbons (Fsp3) is 0.583. The number of aromatic nitrogens is 1. The SMILES string of the molecule is Cc1ccnc(N2CCN(CC(F)(F)F)CC2)c1Br. The normalized spacial score (nSPS) is 17.8. The van der Waals surface area contributed by atoms with E-state index in [4.69, 9.17) is 0 Å². The van der Waals surface area contributed by atoms with E-state index in [0.717, 1.165) is 15.9 Å². The smallest absolute Gasteiger partial charge is 0.353 e. The van der Waals surface area contributed by atoms with E-state index in [9.17, 15) is 13.2 Å². The van der Waals surface area contributed by atoms with E-state index in [1.807, 2.05) is 17.9 Å². The Morgan fingerprint density at radius 3 is 2.47 bits per heavy atom. The van der Waals surface area contributed by atoms with E-state index in [-0.39, 0.29) is 0 Å². The van der Waals surface area contributed by atoms with Crippen LogP contribution >= 0.6 is 15.9 Å². The van der Waals surface area contributed by atoms with Gasteiger partial charge in [-0.15, -0.1) is 0 Å². The van der Waals surface area contributed by atoms with E-state index in [2.05, 4.69) is 20.9 Å². The predicted molar refractivity (Wildman–Crippen MR) is 71.4 cm³/mol. The Morgan fingerprint density at radius 2 is 1.89 bits per heavy atom. The van der Waals surface area contributed by atoms with Crippen molar-refractivity contribution < 1.29 is 13.2 Å². The summed E-state index contributed by atoms with van der Waals surface area (Å²) in [4.78, 5) is 7.75. The molecule has 1 aromatic rings. The van der Waals surface area contributed by atoms with E-state index in [1.54, 1.807) is 6.20 Å². The van der Waals surface area contributed by atoms with Gasteiger partial charge in [0.2, 0.25) is 0 Å². The lowest BCUT2D eigenvalue weighted by Crippen LogP contribution is -2.49. The second-order valence-corrected chi connectivity index (χ2v) is 5.44. The molecule has 0 atom stereocenters. The van der Waals surface area contributed by atoms with Crippen molar-refractivity contribution in [3.8, 4) is 0 Å². The monoisotopic (exact) mass is 337 g/mol. The van der Waals surface area contributed by atoms with Crippen LogP contribution in [0.4, 0.5) is 19.0 Å². The molecular weight excluding hydrogens is 323 g/mol. The third kappa shape index (κ3) is 3.82. The molecule has 0 saturated carbocycles.